The number of ether oxygens (including phenoxy) is 1. The van der Waals surface area contributed by atoms with Gasteiger partial charge in [-0.1, -0.05) is 17.7 Å². The molecule has 2 fully saturated rings. The van der Waals surface area contributed by atoms with Gasteiger partial charge in [-0.2, -0.15) is 0 Å². The molecule has 0 aliphatic carbocycles. The van der Waals surface area contributed by atoms with Crippen LogP contribution in [0.5, 0.6) is 0 Å². The highest BCUT2D eigenvalue weighted by Crippen LogP contribution is 2.23. The third-order valence-electron chi connectivity index (χ3n) is 5.20. The highest BCUT2D eigenvalue weighted by atomic mass is 16.5. The van der Waals surface area contributed by atoms with Gasteiger partial charge in [0, 0.05) is 31.7 Å². The molecular weight excluding hydrogens is 346 g/mol. The quantitative estimate of drug-likeness (QED) is 0.820. The summed E-state index contributed by atoms with van der Waals surface area (Å²) in [5, 5.41) is 2.97. The molecule has 3 rings (SSSR count). The van der Waals surface area contributed by atoms with Gasteiger partial charge in [0.15, 0.2) is 0 Å². The molecule has 1 unspecified atom stereocenters. The molecule has 27 heavy (non-hydrogen) atoms. The first-order valence-corrected chi connectivity index (χ1v) is 9.57. The van der Waals surface area contributed by atoms with Crippen LogP contribution in [0.25, 0.3) is 0 Å². The van der Waals surface area contributed by atoms with Crippen LogP contribution >= 0.6 is 0 Å². The minimum absolute atomic E-state index is 0.0187. The summed E-state index contributed by atoms with van der Waals surface area (Å²) in [6, 6.07) is 7.44. The second-order valence-corrected chi connectivity index (χ2v) is 7.20. The van der Waals surface area contributed by atoms with Crippen LogP contribution < -0.4 is 10.2 Å². The number of carbonyl (C=O) groups excluding carboxylic acids is 3. The van der Waals surface area contributed by atoms with Crippen molar-refractivity contribution < 1.29 is 19.1 Å². The van der Waals surface area contributed by atoms with Crippen LogP contribution in [0.4, 0.5) is 10.5 Å². The average molecular weight is 373 g/mol. The molecule has 1 N–H and O–H groups in total. The van der Waals surface area contributed by atoms with E-state index in [4.69, 9.17) is 4.74 Å². The van der Waals surface area contributed by atoms with Crippen molar-refractivity contribution in [2.24, 2.45) is 5.92 Å². The summed E-state index contributed by atoms with van der Waals surface area (Å²) in [5.41, 5.74) is 2.00. The molecule has 0 radical (unpaired) electrons. The highest BCUT2D eigenvalue weighted by Gasteiger charge is 2.34. The minimum Gasteiger partial charge on any atom is -0.466 e. The number of nitrogens with zero attached hydrogens (tertiary/aromatic N) is 2. The van der Waals surface area contributed by atoms with Gasteiger partial charge in [0.25, 0.3) is 0 Å². The number of piperidine rings is 1. The molecule has 2 heterocycles. The van der Waals surface area contributed by atoms with Gasteiger partial charge in [-0.15, -0.1) is 0 Å². The molecule has 3 amide bonds. The molecule has 0 bridgehead atoms. The fourth-order valence-electron chi connectivity index (χ4n) is 3.62. The fraction of sp³-hybridized carbons (Fsp3) is 0.550. The van der Waals surface area contributed by atoms with Crippen molar-refractivity contribution in [2.45, 2.75) is 39.2 Å². The number of hydrogen-bond donors (Lipinski definition) is 1. The smallest absolute Gasteiger partial charge is 0.317 e. The van der Waals surface area contributed by atoms with Crippen molar-refractivity contribution in [3.63, 3.8) is 0 Å². The monoisotopic (exact) mass is 373 g/mol. The number of benzene rings is 1. The summed E-state index contributed by atoms with van der Waals surface area (Å²) in [6.07, 6.45) is 1.54. The first kappa shape index (κ1) is 19.2. The number of carbonyl (C=O) groups is 3. The molecule has 1 aromatic carbocycles. The van der Waals surface area contributed by atoms with E-state index in [9.17, 15) is 14.4 Å². The molecule has 2 aliphatic rings. The summed E-state index contributed by atoms with van der Waals surface area (Å²) < 4.78 is 5.06. The molecule has 0 saturated carbocycles. The SMILES string of the molecule is CCOC(=O)C1CCN(C(=O)NC2CC(=O)N(c3ccc(C)cc3)C2)CC1. The Kier molecular flexibility index (Phi) is 5.98. The van der Waals surface area contributed by atoms with Crippen LogP contribution in [0.1, 0.15) is 31.7 Å². The largest absolute Gasteiger partial charge is 0.466 e. The Hall–Kier alpha value is -2.57. The zero-order valence-corrected chi connectivity index (χ0v) is 15.9. The number of aryl methyl sites for hydroxylation is 1. The van der Waals surface area contributed by atoms with Crippen molar-refractivity contribution in [1.29, 1.82) is 0 Å². The summed E-state index contributed by atoms with van der Waals surface area (Å²) >= 11 is 0. The van der Waals surface area contributed by atoms with Crippen molar-refractivity contribution >= 4 is 23.6 Å². The number of hydrogen-bond acceptors (Lipinski definition) is 4. The normalized spacial score (nSPS) is 20.7. The number of esters is 1. The Labute approximate surface area is 159 Å². The van der Waals surface area contributed by atoms with E-state index in [1.165, 1.54) is 0 Å². The predicted octanol–water partition coefficient (Wildman–Crippen LogP) is 2.09. The van der Waals surface area contributed by atoms with Gasteiger partial charge in [0.05, 0.1) is 18.6 Å². The van der Waals surface area contributed by atoms with E-state index in [2.05, 4.69) is 5.32 Å². The second-order valence-electron chi connectivity index (χ2n) is 7.20. The van der Waals surface area contributed by atoms with Gasteiger partial charge in [0.1, 0.15) is 0 Å². The van der Waals surface area contributed by atoms with Gasteiger partial charge >= 0.3 is 12.0 Å². The van der Waals surface area contributed by atoms with Crippen LogP contribution in [0.15, 0.2) is 24.3 Å². The van der Waals surface area contributed by atoms with Crippen LogP contribution in [-0.4, -0.2) is 55.1 Å². The standard InChI is InChI=1S/C20H27N3O4/c1-3-27-19(25)15-8-10-22(11-9-15)20(26)21-16-12-18(24)23(13-16)17-6-4-14(2)5-7-17/h4-7,15-16H,3,8-13H2,1-2H3,(H,21,26). The third kappa shape index (κ3) is 4.59. The van der Waals surface area contributed by atoms with E-state index in [0.29, 0.717) is 45.5 Å². The zero-order chi connectivity index (χ0) is 19.4. The predicted molar refractivity (Wildman–Crippen MR) is 101 cm³/mol. The summed E-state index contributed by atoms with van der Waals surface area (Å²) in [4.78, 5) is 40.1. The Bertz CT molecular complexity index is 696. The Balaban J connectivity index is 1.50. The Morgan fingerprint density at radius 2 is 1.85 bits per heavy atom. The number of likely N-dealkylation sites (tertiary alicyclic amines) is 1. The molecule has 7 heteroatoms. The topological polar surface area (TPSA) is 79.0 Å². The lowest BCUT2D eigenvalue weighted by atomic mass is 9.97. The van der Waals surface area contributed by atoms with E-state index < -0.39 is 0 Å². The minimum atomic E-state index is -0.200. The van der Waals surface area contributed by atoms with E-state index in [1.54, 1.807) is 16.7 Å². The van der Waals surface area contributed by atoms with Crippen LogP contribution in [0.3, 0.4) is 0 Å². The molecule has 1 atom stereocenters. The lowest BCUT2D eigenvalue weighted by molar-refractivity contribution is -0.149. The third-order valence-corrected chi connectivity index (χ3v) is 5.20. The summed E-state index contributed by atoms with van der Waals surface area (Å²) in [6.45, 7) is 5.71. The second kappa shape index (κ2) is 8.41. The van der Waals surface area contributed by atoms with E-state index >= 15 is 0 Å². The van der Waals surface area contributed by atoms with Crippen molar-refractivity contribution in [3.05, 3.63) is 29.8 Å². The Morgan fingerprint density at radius 1 is 1.19 bits per heavy atom. The molecular formula is C20H27N3O4. The van der Waals surface area contributed by atoms with Crippen molar-refractivity contribution in [1.82, 2.24) is 10.2 Å². The molecule has 0 aromatic heterocycles. The van der Waals surface area contributed by atoms with Gasteiger partial charge in [0.2, 0.25) is 5.91 Å². The van der Waals surface area contributed by atoms with E-state index in [0.717, 1.165) is 11.3 Å². The zero-order valence-electron chi connectivity index (χ0n) is 15.9. The average Bonchev–Trinajstić information content (AvgIpc) is 3.02. The first-order chi connectivity index (χ1) is 13.0. The van der Waals surface area contributed by atoms with Crippen LogP contribution in [0, 0.1) is 12.8 Å². The maximum absolute atomic E-state index is 12.5. The summed E-state index contributed by atoms with van der Waals surface area (Å²) in [5.74, 6) is -0.281. The van der Waals surface area contributed by atoms with Gasteiger partial charge < -0.3 is 19.9 Å². The Morgan fingerprint density at radius 3 is 2.48 bits per heavy atom. The molecule has 1 aromatic rings. The van der Waals surface area contributed by atoms with Crippen LogP contribution in [-0.2, 0) is 14.3 Å². The van der Waals surface area contributed by atoms with Gasteiger partial charge in [-0.25, -0.2) is 4.79 Å². The maximum Gasteiger partial charge on any atom is 0.317 e. The van der Waals surface area contributed by atoms with Crippen molar-refractivity contribution in [2.75, 3.05) is 31.1 Å². The molecule has 2 aliphatic heterocycles. The molecule has 0 spiro atoms. The highest BCUT2D eigenvalue weighted by molar-refractivity contribution is 5.96. The van der Waals surface area contributed by atoms with Gasteiger partial charge in [-0.05, 0) is 38.8 Å². The van der Waals surface area contributed by atoms with Crippen molar-refractivity contribution in [3.8, 4) is 0 Å². The van der Waals surface area contributed by atoms with Crippen LogP contribution in [0.2, 0.25) is 0 Å². The first-order valence-electron chi connectivity index (χ1n) is 9.57. The lowest BCUT2D eigenvalue weighted by Gasteiger charge is -2.31. The number of rotatable bonds is 4. The van der Waals surface area contributed by atoms with E-state index in [1.807, 2.05) is 31.2 Å². The number of nitrogens with one attached hydrogen (secondary N) is 1. The number of anilines is 1. The number of amides is 3. The van der Waals surface area contributed by atoms with E-state index in [-0.39, 0.29) is 29.9 Å². The maximum atomic E-state index is 12.5. The lowest BCUT2D eigenvalue weighted by Crippen LogP contribution is -2.49. The number of urea groups is 1. The molecule has 146 valence electrons. The fourth-order valence-corrected chi connectivity index (χ4v) is 3.62. The van der Waals surface area contributed by atoms with Gasteiger partial charge in [-0.3, -0.25) is 9.59 Å². The molecule has 2 saturated heterocycles. The summed E-state index contributed by atoms with van der Waals surface area (Å²) in [7, 11) is 0. The molecule has 7 nitrogen and oxygen atoms in total.